The molecule has 1 amide bonds. The molecule has 0 fully saturated rings. The molecule has 3 aromatic heterocycles. The van der Waals surface area contributed by atoms with E-state index < -0.39 is 0 Å². The van der Waals surface area contributed by atoms with Gasteiger partial charge in [0.05, 0.1) is 36.5 Å². The Bertz CT molecular complexity index is 878. The van der Waals surface area contributed by atoms with Gasteiger partial charge in [0.25, 0.3) is 5.91 Å². The van der Waals surface area contributed by atoms with Crippen molar-refractivity contribution in [3.8, 4) is 0 Å². The Labute approximate surface area is 138 Å². The lowest BCUT2D eigenvalue weighted by molar-refractivity contribution is 0.0730. The van der Waals surface area contributed by atoms with Gasteiger partial charge in [0, 0.05) is 12.7 Å². The van der Waals surface area contributed by atoms with Crippen molar-refractivity contribution in [2.45, 2.75) is 32.9 Å². The van der Waals surface area contributed by atoms with Gasteiger partial charge in [-0.05, 0) is 26.0 Å². The highest BCUT2D eigenvalue weighted by molar-refractivity contribution is 5.95. The molecule has 4 rings (SSSR count). The van der Waals surface area contributed by atoms with E-state index in [0.29, 0.717) is 42.7 Å². The Morgan fingerprint density at radius 1 is 1.29 bits per heavy atom. The van der Waals surface area contributed by atoms with E-state index in [1.165, 1.54) is 6.26 Å². The molecule has 0 saturated carbocycles. The smallest absolute Gasteiger partial charge is 0.257 e. The van der Waals surface area contributed by atoms with E-state index in [4.69, 9.17) is 8.94 Å². The standard InChI is InChI=1S/C16H17N5O3/c1-10-14(4-6-23-10)16(22)20-7-12(15-18-11(2)19-24-15)8-21-13(9-20)3-5-17-21/h3-6,12H,7-9H2,1-2H3/t12-/m1/s1. The number of fused-ring (bicyclic) bond motifs is 1. The summed E-state index contributed by atoms with van der Waals surface area (Å²) in [5.74, 6) is 1.54. The summed E-state index contributed by atoms with van der Waals surface area (Å²) in [5.41, 5.74) is 1.55. The fraction of sp³-hybridized carbons (Fsp3) is 0.375. The first-order chi connectivity index (χ1) is 11.6. The third kappa shape index (κ3) is 2.49. The minimum Gasteiger partial charge on any atom is -0.469 e. The molecule has 3 aromatic rings. The van der Waals surface area contributed by atoms with Crippen molar-refractivity contribution in [1.29, 1.82) is 0 Å². The molecule has 1 aliphatic heterocycles. The number of aryl methyl sites for hydroxylation is 2. The topological polar surface area (TPSA) is 90.2 Å². The number of amides is 1. The molecule has 8 heteroatoms. The van der Waals surface area contributed by atoms with E-state index in [0.717, 1.165) is 5.69 Å². The molecule has 8 nitrogen and oxygen atoms in total. The van der Waals surface area contributed by atoms with E-state index in [-0.39, 0.29) is 11.8 Å². The highest BCUT2D eigenvalue weighted by atomic mass is 16.5. The van der Waals surface area contributed by atoms with Crippen LogP contribution in [0.2, 0.25) is 0 Å². The van der Waals surface area contributed by atoms with Gasteiger partial charge < -0.3 is 13.8 Å². The number of hydrogen-bond donors (Lipinski definition) is 0. The third-order valence-corrected chi connectivity index (χ3v) is 4.26. The van der Waals surface area contributed by atoms with Gasteiger partial charge >= 0.3 is 0 Å². The van der Waals surface area contributed by atoms with E-state index in [2.05, 4.69) is 15.2 Å². The minimum absolute atomic E-state index is 0.0721. The molecule has 0 aliphatic carbocycles. The fourth-order valence-corrected chi connectivity index (χ4v) is 3.02. The predicted molar refractivity (Wildman–Crippen MR) is 82.2 cm³/mol. The molecule has 1 atom stereocenters. The maximum atomic E-state index is 12.9. The van der Waals surface area contributed by atoms with Crippen LogP contribution >= 0.6 is 0 Å². The Morgan fingerprint density at radius 2 is 2.17 bits per heavy atom. The van der Waals surface area contributed by atoms with Crippen LogP contribution in [-0.2, 0) is 13.1 Å². The zero-order valence-electron chi connectivity index (χ0n) is 13.5. The fourth-order valence-electron chi connectivity index (χ4n) is 3.02. The van der Waals surface area contributed by atoms with E-state index in [1.807, 2.05) is 10.7 Å². The number of hydrogen-bond acceptors (Lipinski definition) is 6. The SMILES string of the molecule is Cc1noc([C@@H]2CN(C(=O)c3ccoc3C)Cc3ccnn3C2)n1. The van der Waals surface area contributed by atoms with Gasteiger partial charge in [0.15, 0.2) is 5.82 Å². The van der Waals surface area contributed by atoms with Crippen LogP contribution in [0, 0.1) is 13.8 Å². The number of aromatic nitrogens is 4. The highest BCUT2D eigenvalue weighted by Gasteiger charge is 2.31. The number of rotatable bonds is 2. The molecule has 0 N–H and O–H groups in total. The van der Waals surface area contributed by atoms with Crippen LogP contribution in [0.4, 0.5) is 0 Å². The first-order valence-electron chi connectivity index (χ1n) is 7.76. The molecule has 24 heavy (non-hydrogen) atoms. The molecular weight excluding hydrogens is 310 g/mol. The van der Waals surface area contributed by atoms with Gasteiger partial charge in [-0.2, -0.15) is 10.1 Å². The third-order valence-electron chi connectivity index (χ3n) is 4.26. The number of nitrogens with zero attached hydrogens (tertiary/aromatic N) is 5. The minimum atomic E-state index is -0.108. The average Bonchev–Trinajstić information content (AvgIpc) is 3.26. The summed E-state index contributed by atoms with van der Waals surface area (Å²) in [7, 11) is 0. The van der Waals surface area contributed by atoms with Crippen LogP contribution in [0.3, 0.4) is 0 Å². The second kappa shape index (κ2) is 5.63. The van der Waals surface area contributed by atoms with Gasteiger partial charge in [-0.25, -0.2) is 0 Å². The van der Waals surface area contributed by atoms with Crippen molar-refractivity contribution in [2.75, 3.05) is 6.54 Å². The lowest BCUT2D eigenvalue weighted by Crippen LogP contribution is -2.33. The van der Waals surface area contributed by atoms with Gasteiger partial charge in [-0.15, -0.1) is 0 Å². The zero-order chi connectivity index (χ0) is 16.7. The van der Waals surface area contributed by atoms with Gasteiger partial charge in [-0.3, -0.25) is 9.48 Å². The summed E-state index contributed by atoms with van der Waals surface area (Å²) in [5, 5.41) is 8.21. The Kier molecular flexibility index (Phi) is 3.44. The summed E-state index contributed by atoms with van der Waals surface area (Å²) >= 11 is 0. The van der Waals surface area contributed by atoms with Crippen molar-refractivity contribution in [3.05, 3.63) is 53.3 Å². The molecule has 4 heterocycles. The number of carbonyl (C=O) groups excluding carboxylic acids is 1. The van der Waals surface area contributed by atoms with Crippen molar-refractivity contribution < 1.29 is 13.7 Å². The molecule has 0 spiro atoms. The normalized spacial score (nSPS) is 17.6. The molecular formula is C16H17N5O3. The largest absolute Gasteiger partial charge is 0.469 e. The van der Waals surface area contributed by atoms with Crippen molar-refractivity contribution >= 4 is 5.91 Å². The quantitative estimate of drug-likeness (QED) is 0.714. The van der Waals surface area contributed by atoms with Crippen LogP contribution in [0.5, 0.6) is 0 Å². The summed E-state index contributed by atoms with van der Waals surface area (Å²) < 4.78 is 12.5. The Hall–Kier alpha value is -2.90. The van der Waals surface area contributed by atoms with E-state index in [9.17, 15) is 4.79 Å². The maximum absolute atomic E-state index is 12.9. The van der Waals surface area contributed by atoms with Crippen molar-refractivity contribution in [1.82, 2.24) is 24.8 Å². The van der Waals surface area contributed by atoms with Gasteiger partial charge in [-0.1, -0.05) is 5.16 Å². The van der Waals surface area contributed by atoms with E-state index in [1.54, 1.807) is 31.0 Å². The summed E-state index contributed by atoms with van der Waals surface area (Å²) in [4.78, 5) is 19.0. The predicted octanol–water partition coefficient (Wildman–Crippen LogP) is 1.92. The van der Waals surface area contributed by atoms with Crippen molar-refractivity contribution in [3.63, 3.8) is 0 Å². The number of carbonyl (C=O) groups is 1. The van der Waals surface area contributed by atoms with Gasteiger partial charge in [0.2, 0.25) is 5.89 Å². The molecule has 124 valence electrons. The maximum Gasteiger partial charge on any atom is 0.257 e. The first-order valence-corrected chi connectivity index (χ1v) is 7.76. The second-order valence-electron chi connectivity index (χ2n) is 5.96. The average molecular weight is 327 g/mol. The number of furan rings is 1. The summed E-state index contributed by atoms with van der Waals surface area (Å²) in [6.45, 7) is 5.12. The van der Waals surface area contributed by atoms with Crippen LogP contribution in [-0.4, -0.2) is 37.3 Å². The summed E-state index contributed by atoms with van der Waals surface area (Å²) in [6.07, 6.45) is 3.27. The van der Waals surface area contributed by atoms with Crippen LogP contribution in [0.1, 0.15) is 39.4 Å². The Balaban J connectivity index is 1.69. The Morgan fingerprint density at radius 3 is 2.88 bits per heavy atom. The highest BCUT2D eigenvalue weighted by Crippen LogP contribution is 2.25. The van der Waals surface area contributed by atoms with Crippen LogP contribution < -0.4 is 0 Å². The van der Waals surface area contributed by atoms with Gasteiger partial charge in [0.1, 0.15) is 5.76 Å². The van der Waals surface area contributed by atoms with Crippen LogP contribution in [0.15, 0.2) is 33.5 Å². The summed E-state index contributed by atoms with van der Waals surface area (Å²) in [6, 6.07) is 3.62. The molecule has 0 radical (unpaired) electrons. The molecule has 0 bridgehead atoms. The lowest BCUT2D eigenvalue weighted by atomic mass is 10.1. The molecule has 0 saturated heterocycles. The van der Waals surface area contributed by atoms with Crippen LogP contribution in [0.25, 0.3) is 0 Å². The van der Waals surface area contributed by atoms with E-state index >= 15 is 0 Å². The molecule has 0 aromatic carbocycles. The lowest BCUT2D eigenvalue weighted by Gasteiger charge is -2.22. The second-order valence-corrected chi connectivity index (χ2v) is 5.96. The first kappa shape index (κ1) is 14.7. The monoisotopic (exact) mass is 327 g/mol. The molecule has 0 unspecified atom stereocenters. The molecule has 1 aliphatic rings. The van der Waals surface area contributed by atoms with Crippen molar-refractivity contribution in [2.24, 2.45) is 0 Å². The zero-order valence-corrected chi connectivity index (χ0v) is 13.5.